The van der Waals surface area contributed by atoms with Crippen molar-refractivity contribution in [3.05, 3.63) is 0 Å². The van der Waals surface area contributed by atoms with Gasteiger partial charge >= 0.3 is 5.97 Å². The van der Waals surface area contributed by atoms with E-state index in [1.807, 2.05) is 0 Å². The minimum absolute atomic E-state index is 0.0790. The number of piperidine rings is 1. The van der Waals surface area contributed by atoms with Gasteiger partial charge in [-0.05, 0) is 25.2 Å². The van der Waals surface area contributed by atoms with Crippen molar-refractivity contribution in [1.29, 1.82) is 0 Å². The monoisotopic (exact) mass is 269 g/mol. The number of rotatable bonds is 8. The molecule has 0 spiro atoms. The maximum Gasteiger partial charge on any atom is 0.303 e. The number of nitrogens with zero attached hydrogens (tertiary/aromatic N) is 1. The fraction of sp³-hybridized carbons (Fsp3) is 0.786. The van der Waals surface area contributed by atoms with E-state index in [-0.39, 0.29) is 24.2 Å². The van der Waals surface area contributed by atoms with Crippen LogP contribution in [0.4, 0.5) is 0 Å². The van der Waals surface area contributed by atoms with E-state index in [0.717, 1.165) is 19.3 Å². The number of imide groups is 1. The first-order chi connectivity index (χ1) is 9.04. The maximum atomic E-state index is 11.7. The number of likely N-dealkylation sites (tertiary alicyclic amines) is 1. The molecule has 1 N–H and O–H groups in total. The van der Waals surface area contributed by atoms with Crippen LogP contribution in [-0.2, 0) is 14.4 Å². The van der Waals surface area contributed by atoms with Gasteiger partial charge < -0.3 is 5.11 Å². The summed E-state index contributed by atoms with van der Waals surface area (Å²) in [5.74, 6) is -0.663. The molecule has 19 heavy (non-hydrogen) atoms. The molecule has 1 unspecified atom stereocenters. The molecule has 0 aromatic heterocycles. The molecule has 0 aromatic rings. The Kier molecular flexibility index (Phi) is 6.53. The summed E-state index contributed by atoms with van der Waals surface area (Å²) in [7, 11) is 0. The van der Waals surface area contributed by atoms with Gasteiger partial charge in [0.2, 0.25) is 11.8 Å². The van der Waals surface area contributed by atoms with Gasteiger partial charge in [-0.3, -0.25) is 19.3 Å². The van der Waals surface area contributed by atoms with E-state index in [0.29, 0.717) is 32.2 Å². The molecule has 5 heteroatoms. The second-order valence-corrected chi connectivity index (χ2v) is 5.17. The number of aliphatic carboxylic acids is 1. The number of amides is 2. The summed E-state index contributed by atoms with van der Waals surface area (Å²) >= 11 is 0. The molecule has 5 nitrogen and oxygen atoms in total. The van der Waals surface area contributed by atoms with Crippen molar-refractivity contribution in [2.75, 3.05) is 6.54 Å². The third kappa shape index (κ3) is 5.41. The number of carboxylic acid groups (broad SMARTS) is 1. The molecule has 1 fully saturated rings. The van der Waals surface area contributed by atoms with Gasteiger partial charge in [-0.2, -0.15) is 0 Å². The highest BCUT2D eigenvalue weighted by atomic mass is 16.4. The zero-order chi connectivity index (χ0) is 14.3. The predicted octanol–water partition coefficient (Wildman–Crippen LogP) is 2.20. The van der Waals surface area contributed by atoms with Crippen molar-refractivity contribution in [2.45, 2.75) is 58.3 Å². The lowest BCUT2D eigenvalue weighted by Crippen LogP contribution is -2.41. The number of carboxylic acids is 1. The highest BCUT2D eigenvalue weighted by Gasteiger charge is 2.26. The third-order valence-electron chi connectivity index (χ3n) is 3.61. The Morgan fingerprint density at radius 1 is 1.21 bits per heavy atom. The zero-order valence-corrected chi connectivity index (χ0v) is 11.6. The Bertz CT molecular complexity index is 324. The van der Waals surface area contributed by atoms with Crippen LogP contribution in [0.2, 0.25) is 0 Å². The van der Waals surface area contributed by atoms with Crippen molar-refractivity contribution in [1.82, 2.24) is 4.90 Å². The van der Waals surface area contributed by atoms with Crippen molar-refractivity contribution >= 4 is 17.8 Å². The Hall–Kier alpha value is -1.39. The first-order valence-corrected chi connectivity index (χ1v) is 7.09. The second-order valence-electron chi connectivity index (χ2n) is 5.17. The molecule has 0 aliphatic carbocycles. The quantitative estimate of drug-likeness (QED) is 0.685. The summed E-state index contributed by atoms with van der Waals surface area (Å²) in [6, 6.07) is 0. The van der Waals surface area contributed by atoms with E-state index in [9.17, 15) is 14.4 Å². The molecule has 0 saturated carbocycles. The van der Waals surface area contributed by atoms with Crippen LogP contribution in [0.5, 0.6) is 0 Å². The van der Waals surface area contributed by atoms with Gasteiger partial charge in [0.05, 0.1) is 0 Å². The molecule has 1 rings (SSSR count). The Morgan fingerprint density at radius 2 is 1.84 bits per heavy atom. The Morgan fingerprint density at radius 3 is 2.37 bits per heavy atom. The highest BCUT2D eigenvalue weighted by molar-refractivity contribution is 5.97. The lowest BCUT2D eigenvalue weighted by Gasteiger charge is -2.26. The molecule has 1 aliphatic heterocycles. The number of hydrogen-bond donors (Lipinski definition) is 1. The summed E-state index contributed by atoms with van der Waals surface area (Å²) in [4.78, 5) is 35.3. The lowest BCUT2D eigenvalue weighted by molar-refractivity contribution is -0.148. The molecular formula is C14H23NO4. The van der Waals surface area contributed by atoms with E-state index in [1.165, 1.54) is 4.90 Å². The second kappa shape index (κ2) is 7.92. The number of hydrogen-bond acceptors (Lipinski definition) is 3. The van der Waals surface area contributed by atoms with Crippen molar-refractivity contribution in [3.8, 4) is 0 Å². The van der Waals surface area contributed by atoms with Gasteiger partial charge in [0.1, 0.15) is 0 Å². The van der Waals surface area contributed by atoms with E-state index in [4.69, 9.17) is 5.11 Å². The molecule has 108 valence electrons. The van der Waals surface area contributed by atoms with Crippen LogP contribution in [0, 0.1) is 5.92 Å². The van der Waals surface area contributed by atoms with Gasteiger partial charge in [-0.25, -0.2) is 0 Å². The van der Waals surface area contributed by atoms with Crippen LogP contribution in [0.1, 0.15) is 58.3 Å². The SMILES string of the molecule is CCCC(CCC(=O)O)CCN1C(=O)CCCC1=O. The standard InChI is InChI=1S/C14H23NO4/c1-2-4-11(7-8-14(18)19)9-10-15-12(16)5-3-6-13(15)17/h11H,2-10H2,1H3,(H,18,19). The fourth-order valence-corrected chi connectivity index (χ4v) is 2.53. The first kappa shape index (κ1) is 15.7. The number of carbonyl (C=O) groups excluding carboxylic acids is 2. The van der Waals surface area contributed by atoms with Crippen LogP contribution in [-0.4, -0.2) is 34.3 Å². The van der Waals surface area contributed by atoms with Crippen LogP contribution >= 0.6 is 0 Å². The minimum Gasteiger partial charge on any atom is -0.481 e. The molecule has 1 heterocycles. The summed E-state index contributed by atoms with van der Waals surface area (Å²) in [6.07, 6.45) is 5.02. The number of carbonyl (C=O) groups is 3. The Labute approximate surface area is 114 Å². The average molecular weight is 269 g/mol. The van der Waals surface area contributed by atoms with E-state index < -0.39 is 5.97 Å². The topological polar surface area (TPSA) is 74.7 Å². The van der Waals surface area contributed by atoms with Crippen LogP contribution in [0.25, 0.3) is 0 Å². The molecule has 0 radical (unpaired) electrons. The zero-order valence-electron chi connectivity index (χ0n) is 11.6. The van der Waals surface area contributed by atoms with E-state index >= 15 is 0 Å². The summed E-state index contributed by atoms with van der Waals surface area (Å²) in [5.41, 5.74) is 0. The van der Waals surface area contributed by atoms with Gasteiger partial charge in [0.15, 0.2) is 0 Å². The minimum atomic E-state index is -0.786. The largest absolute Gasteiger partial charge is 0.481 e. The van der Waals surface area contributed by atoms with E-state index in [2.05, 4.69) is 6.92 Å². The van der Waals surface area contributed by atoms with Gasteiger partial charge in [-0.15, -0.1) is 0 Å². The van der Waals surface area contributed by atoms with Crippen molar-refractivity contribution in [3.63, 3.8) is 0 Å². The van der Waals surface area contributed by atoms with Crippen LogP contribution in [0.15, 0.2) is 0 Å². The van der Waals surface area contributed by atoms with Gasteiger partial charge in [0.25, 0.3) is 0 Å². The molecule has 0 bridgehead atoms. The normalized spacial score (nSPS) is 17.6. The molecule has 1 saturated heterocycles. The molecule has 2 amide bonds. The highest BCUT2D eigenvalue weighted by Crippen LogP contribution is 2.20. The van der Waals surface area contributed by atoms with Crippen LogP contribution in [0.3, 0.4) is 0 Å². The van der Waals surface area contributed by atoms with E-state index in [1.54, 1.807) is 0 Å². The smallest absolute Gasteiger partial charge is 0.303 e. The lowest BCUT2D eigenvalue weighted by atomic mass is 9.94. The molecule has 1 aliphatic rings. The summed E-state index contributed by atoms with van der Waals surface area (Å²) in [5, 5.41) is 8.71. The van der Waals surface area contributed by atoms with Crippen molar-refractivity contribution in [2.24, 2.45) is 5.92 Å². The molecule has 0 aromatic carbocycles. The fourth-order valence-electron chi connectivity index (χ4n) is 2.53. The molecular weight excluding hydrogens is 246 g/mol. The third-order valence-corrected chi connectivity index (χ3v) is 3.61. The first-order valence-electron chi connectivity index (χ1n) is 7.09. The van der Waals surface area contributed by atoms with Gasteiger partial charge in [-0.1, -0.05) is 19.8 Å². The summed E-state index contributed by atoms with van der Waals surface area (Å²) in [6.45, 7) is 2.51. The predicted molar refractivity (Wildman–Crippen MR) is 70.5 cm³/mol. The van der Waals surface area contributed by atoms with Gasteiger partial charge in [0, 0.05) is 25.8 Å². The van der Waals surface area contributed by atoms with Crippen LogP contribution < -0.4 is 0 Å². The molecule has 1 atom stereocenters. The maximum absolute atomic E-state index is 11.7. The Balaban J connectivity index is 2.43. The van der Waals surface area contributed by atoms with Crippen molar-refractivity contribution < 1.29 is 19.5 Å². The summed E-state index contributed by atoms with van der Waals surface area (Å²) < 4.78 is 0. The average Bonchev–Trinajstić information content (AvgIpc) is 2.35.